The molecule has 1 unspecified atom stereocenters. The predicted molar refractivity (Wildman–Crippen MR) is 62.3 cm³/mol. The summed E-state index contributed by atoms with van der Waals surface area (Å²) in [7, 11) is 0. The third-order valence-electron chi connectivity index (χ3n) is 1.64. The molecule has 0 aromatic carbocycles. The molecule has 0 aromatic rings. The van der Waals surface area contributed by atoms with Crippen LogP contribution in [0.2, 0.25) is 0 Å². The summed E-state index contributed by atoms with van der Waals surface area (Å²) in [6, 6.07) is 0. The van der Waals surface area contributed by atoms with Gasteiger partial charge in [0.05, 0.1) is 12.8 Å². The van der Waals surface area contributed by atoms with Crippen molar-refractivity contribution in [3.8, 4) is 0 Å². The van der Waals surface area contributed by atoms with Crippen molar-refractivity contribution in [1.29, 1.82) is 0 Å². The van der Waals surface area contributed by atoms with E-state index < -0.39 is 48.9 Å². The summed E-state index contributed by atoms with van der Waals surface area (Å²) < 4.78 is 4.08. The van der Waals surface area contributed by atoms with Gasteiger partial charge >= 0.3 is 105 Å². The first-order valence-corrected chi connectivity index (χ1v) is 4.22. The fourth-order valence-corrected chi connectivity index (χ4v) is 0.896. The molecule has 1 atom stereocenters. The van der Waals surface area contributed by atoms with Crippen LogP contribution in [0.3, 0.4) is 0 Å². The molecular weight excluding hydrogens is 302 g/mol. The van der Waals surface area contributed by atoms with Gasteiger partial charge in [-0.15, -0.1) is 0 Å². The predicted octanol–water partition coefficient (Wildman–Crippen LogP) is -3.00. The quantitative estimate of drug-likeness (QED) is 0.284. The van der Waals surface area contributed by atoms with Gasteiger partial charge in [-0.2, -0.15) is 0 Å². The van der Waals surface area contributed by atoms with E-state index in [2.05, 4.69) is 4.74 Å². The maximum absolute atomic E-state index is 10.9. The third-order valence-corrected chi connectivity index (χ3v) is 1.64. The second-order valence-electron chi connectivity index (χ2n) is 3.14. The summed E-state index contributed by atoms with van der Waals surface area (Å²) in [6.07, 6.45) is -2.35. The number of hydrogen-bond acceptors (Lipinski definition) is 6. The van der Waals surface area contributed by atoms with Crippen molar-refractivity contribution < 1.29 is 44.3 Å². The number of aliphatic hydroxyl groups is 1. The molecule has 0 amide bonds. The van der Waals surface area contributed by atoms with Crippen LogP contribution >= 0.6 is 0 Å². The number of carbonyl (C=O) groups is 4. The van der Waals surface area contributed by atoms with Crippen molar-refractivity contribution in [1.82, 2.24) is 0 Å². The van der Waals surface area contributed by atoms with E-state index in [9.17, 15) is 24.3 Å². The molecule has 0 fully saturated rings. The Labute approximate surface area is 172 Å². The van der Waals surface area contributed by atoms with Gasteiger partial charge in [0.25, 0.3) is 0 Å². The Morgan fingerprint density at radius 1 is 0.947 bits per heavy atom. The number of carboxylic acids is 3. The van der Waals surface area contributed by atoms with Crippen LogP contribution in [-0.4, -0.2) is 137 Å². The fraction of sp³-hybridized carbons (Fsp3) is 0.500. The Hall–Kier alpha value is 0.476. The summed E-state index contributed by atoms with van der Waals surface area (Å²) in [5.41, 5.74) is -2.82. The van der Waals surface area contributed by atoms with Gasteiger partial charge in [0, 0.05) is 0 Å². The van der Waals surface area contributed by atoms with Gasteiger partial charge in [-0.1, -0.05) is 0 Å². The van der Waals surface area contributed by atoms with Gasteiger partial charge in [0.2, 0.25) is 0 Å². The SMILES string of the molecule is O=C(O)COC(=O)CC(O)(CC(=O)O)C(=O)O.[KH].[NaH]. The van der Waals surface area contributed by atoms with E-state index in [1.54, 1.807) is 0 Å². The van der Waals surface area contributed by atoms with Gasteiger partial charge < -0.3 is 25.2 Å². The fourth-order valence-electron chi connectivity index (χ4n) is 0.896. The van der Waals surface area contributed by atoms with Gasteiger partial charge in [0.1, 0.15) is 0 Å². The van der Waals surface area contributed by atoms with Crippen LogP contribution in [0.15, 0.2) is 0 Å². The zero-order valence-corrected chi connectivity index (χ0v) is 8.45. The molecule has 0 spiro atoms. The Balaban J connectivity index is -0.00000128. The normalized spacial score (nSPS) is 12.1. The molecule has 0 aliphatic heterocycles. The van der Waals surface area contributed by atoms with E-state index in [0.717, 1.165) is 0 Å². The Morgan fingerprint density at radius 2 is 1.42 bits per heavy atom. The minimum absolute atomic E-state index is 0. The monoisotopic (exact) mass is 314 g/mol. The number of esters is 1. The molecule has 0 rings (SSSR count). The molecule has 0 aromatic heterocycles. The Bertz CT molecular complexity index is 358. The second kappa shape index (κ2) is 11.2. The van der Waals surface area contributed by atoms with Crippen LogP contribution in [0.25, 0.3) is 0 Å². The summed E-state index contributed by atoms with van der Waals surface area (Å²) >= 11 is 0. The average molecular weight is 314 g/mol. The summed E-state index contributed by atoms with van der Waals surface area (Å²) in [5.74, 6) is -6.32. The molecule has 0 aliphatic carbocycles. The number of ether oxygens (including phenoxy) is 1. The van der Waals surface area contributed by atoms with E-state index in [0.29, 0.717) is 0 Å². The molecule has 100 valence electrons. The van der Waals surface area contributed by atoms with Crippen LogP contribution in [-0.2, 0) is 23.9 Å². The van der Waals surface area contributed by atoms with Crippen LogP contribution in [0.1, 0.15) is 12.8 Å². The minimum atomic E-state index is -2.82. The van der Waals surface area contributed by atoms with Crippen LogP contribution in [0.5, 0.6) is 0 Å². The van der Waals surface area contributed by atoms with Gasteiger partial charge in [-0.3, -0.25) is 9.59 Å². The molecule has 0 bridgehead atoms. The molecule has 0 aliphatic rings. The molecule has 0 heterocycles. The van der Waals surface area contributed by atoms with Crippen molar-refractivity contribution in [2.24, 2.45) is 0 Å². The first kappa shape index (κ1) is 24.5. The van der Waals surface area contributed by atoms with Crippen molar-refractivity contribution in [3.63, 3.8) is 0 Å². The number of carbonyl (C=O) groups excluding carboxylic acids is 1. The summed E-state index contributed by atoms with van der Waals surface area (Å²) in [4.78, 5) is 41.9. The molecule has 0 saturated carbocycles. The molecule has 19 heavy (non-hydrogen) atoms. The zero-order valence-electron chi connectivity index (χ0n) is 8.45. The number of hydrogen-bond donors (Lipinski definition) is 4. The second-order valence-corrected chi connectivity index (χ2v) is 3.14. The van der Waals surface area contributed by atoms with E-state index >= 15 is 0 Å². The number of aliphatic carboxylic acids is 3. The van der Waals surface area contributed by atoms with Crippen LogP contribution in [0.4, 0.5) is 0 Å². The van der Waals surface area contributed by atoms with E-state index in [1.807, 2.05) is 0 Å². The third kappa shape index (κ3) is 10.9. The number of carboxylic acid groups (broad SMARTS) is 3. The molecule has 0 radical (unpaired) electrons. The van der Waals surface area contributed by atoms with E-state index in [1.165, 1.54) is 0 Å². The van der Waals surface area contributed by atoms with E-state index in [4.69, 9.17) is 15.3 Å². The first-order valence-electron chi connectivity index (χ1n) is 4.22. The van der Waals surface area contributed by atoms with Crippen molar-refractivity contribution in [2.75, 3.05) is 6.61 Å². The van der Waals surface area contributed by atoms with Crippen molar-refractivity contribution in [2.45, 2.75) is 18.4 Å². The number of rotatable bonds is 7. The van der Waals surface area contributed by atoms with Gasteiger partial charge in [0.15, 0.2) is 12.2 Å². The zero-order chi connectivity index (χ0) is 13.6. The first-order chi connectivity index (χ1) is 7.67. The average Bonchev–Trinajstić information content (AvgIpc) is 2.12. The van der Waals surface area contributed by atoms with Crippen LogP contribution < -0.4 is 0 Å². The van der Waals surface area contributed by atoms with E-state index in [-0.39, 0.29) is 80.9 Å². The van der Waals surface area contributed by atoms with Crippen molar-refractivity contribution >= 4 is 105 Å². The molecule has 9 nitrogen and oxygen atoms in total. The summed E-state index contributed by atoms with van der Waals surface area (Å²) in [6.45, 7) is -0.998. The molecule has 0 saturated heterocycles. The maximum atomic E-state index is 10.9. The van der Waals surface area contributed by atoms with Crippen molar-refractivity contribution in [3.05, 3.63) is 0 Å². The Morgan fingerprint density at radius 3 is 1.74 bits per heavy atom. The van der Waals surface area contributed by atoms with Gasteiger partial charge in [-0.05, 0) is 0 Å². The summed E-state index contributed by atoms with van der Waals surface area (Å²) in [5, 5.41) is 34.5. The Kier molecular flexibility index (Phi) is 14.4. The molecular formula is C8H12KNaO9. The molecule has 4 N–H and O–H groups in total. The van der Waals surface area contributed by atoms with Gasteiger partial charge in [-0.25, -0.2) is 9.59 Å². The topological polar surface area (TPSA) is 158 Å². The molecule has 11 heteroatoms. The van der Waals surface area contributed by atoms with Crippen LogP contribution in [0, 0.1) is 0 Å². The standard InChI is InChI=1S/C8H10O9.K.Na.2H/c9-4(10)1-8(16,7(14)15)2-6(13)17-3-5(11)12;;;;/h16H,1-3H2,(H,9,10)(H,11,12)(H,14,15);;;;.